The number of carboxylic acid groups (broad SMARTS) is 1. The van der Waals surface area contributed by atoms with E-state index < -0.39 is 45.5 Å². The zero-order valence-corrected chi connectivity index (χ0v) is 26.7. The molecule has 0 saturated carbocycles. The van der Waals surface area contributed by atoms with E-state index in [1.54, 1.807) is 6.92 Å². The van der Waals surface area contributed by atoms with Crippen LogP contribution in [-0.2, 0) is 24.4 Å². The number of anilines is 1. The number of carboxylic acids is 1. The summed E-state index contributed by atoms with van der Waals surface area (Å²) in [5.41, 5.74) is -4.76. The van der Waals surface area contributed by atoms with Crippen LogP contribution < -0.4 is 10.6 Å². The predicted octanol–water partition coefficient (Wildman–Crippen LogP) is 2.87. The molecule has 0 spiro atoms. The van der Waals surface area contributed by atoms with Gasteiger partial charge < -0.3 is 30.3 Å². The quantitative estimate of drug-likeness (QED) is 0.198. The van der Waals surface area contributed by atoms with Crippen LogP contribution in [0.3, 0.4) is 0 Å². The fraction of sp³-hybridized carbons (Fsp3) is 0.500. The van der Waals surface area contributed by atoms with Crippen LogP contribution in [0.1, 0.15) is 44.1 Å². The van der Waals surface area contributed by atoms with Crippen LogP contribution in [0.25, 0.3) is 11.4 Å². The van der Waals surface area contributed by atoms with E-state index >= 15 is 0 Å². The highest BCUT2D eigenvalue weighted by Crippen LogP contribution is 2.21. The Hall–Kier alpha value is -4.52. The molecule has 2 aromatic rings. The largest absolute Gasteiger partial charge is 0.522 e. The summed E-state index contributed by atoms with van der Waals surface area (Å²) in [6, 6.07) is 9.65. The minimum Gasteiger partial charge on any atom is -0.481 e. The lowest BCUT2D eigenvalue weighted by molar-refractivity contribution is -0.138. The van der Waals surface area contributed by atoms with Crippen molar-refractivity contribution in [3.8, 4) is 11.4 Å². The SMILES string of the molecule is CCOC(=O)N1CCN(C(=O)C(CCC(=O)O)NC(=O)c2cc(NCC(C)C)nc(-c3ccccc3)n2)CC1.O=S(=O)(O)C(F)(F)F. The van der Waals surface area contributed by atoms with E-state index in [0.29, 0.717) is 24.1 Å². The van der Waals surface area contributed by atoms with E-state index in [4.69, 9.17) is 17.7 Å². The molecular weight excluding hydrogens is 653 g/mol. The van der Waals surface area contributed by atoms with Crippen molar-refractivity contribution < 1.29 is 55.2 Å². The maximum absolute atomic E-state index is 13.4. The molecule has 1 atom stereocenters. The van der Waals surface area contributed by atoms with Gasteiger partial charge in [-0.25, -0.2) is 14.8 Å². The number of nitrogens with one attached hydrogen (secondary N) is 2. The lowest BCUT2D eigenvalue weighted by atomic mass is 10.1. The highest BCUT2D eigenvalue weighted by Gasteiger charge is 2.44. The highest BCUT2D eigenvalue weighted by molar-refractivity contribution is 7.86. The average molecular weight is 691 g/mol. The van der Waals surface area contributed by atoms with Gasteiger partial charge in [0.2, 0.25) is 5.91 Å². The topological polar surface area (TPSA) is 208 Å². The summed E-state index contributed by atoms with van der Waals surface area (Å²) in [4.78, 5) is 62.0. The number of ether oxygens (including phenoxy) is 1. The normalized spacial score (nSPS) is 14.0. The number of rotatable bonds is 11. The van der Waals surface area contributed by atoms with Crippen molar-refractivity contribution in [2.75, 3.05) is 44.6 Å². The first-order valence-electron chi connectivity index (χ1n) is 14.4. The minimum absolute atomic E-state index is 0.0513. The monoisotopic (exact) mass is 690 g/mol. The van der Waals surface area contributed by atoms with Crippen LogP contribution in [0, 0.1) is 5.92 Å². The van der Waals surface area contributed by atoms with Crippen molar-refractivity contribution in [1.29, 1.82) is 0 Å². The van der Waals surface area contributed by atoms with Crippen LogP contribution in [0.4, 0.5) is 23.8 Å². The van der Waals surface area contributed by atoms with E-state index in [9.17, 15) is 37.5 Å². The van der Waals surface area contributed by atoms with E-state index in [-0.39, 0.29) is 51.3 Å². The molecule has 4 N–H and O–H groups in total. The van der Waals surface area contributed by atoms with E-state index in [1.807, 2.05) is 44.2 Å². The third kappa shape index (κ3) is 12.7. The molecule has 0 radical (unpaired) electrons. The van der Waals surface area contributed by atoms with Crippen LogP contribution in [0.5, 0.6) is 0 Å². The first kappa shape index (κ1) is 38.7. The number of carbonyl (C=O) groups is 4. The zero-order valence-electron chi connectivity index (χ0n) is 25.9. The Morgan fingerprint density at radius 2 is 1.60 bits per heavy atom. The Balaban J connectivity index is 0.000000849. The van der Waals surface area contributed by atoms with Gasteiger partial charge in [-0.15, -0.1) is 0 Å². The van der Waals surface area contributed by atoms with Crippen LogP contribution >= 0.6 is 0 Å². The number of halogens is 3. The van der Waals surface area contributed by atoms with Gasteiger partial charge in [0, 0.05) is 50.8 Å². The average Bonchev–Trinajstić information content (AvgIpc) is 3.01. The predicted molar refractivity (Wildman–Crippen MR) is 162 cm³/mol. The molecule has 1 saturated heterocycles. The first-order valence-corrected chi connectivity index (χ1v) is 15.8. The molecule has 0 bridgehead atoms. The third-order valence-electron chi connectivity index (χ3n) is 6.34. The van der Waals surface area contributed by atoms with E-state index in [0.717, 1.165) is 5.56 Å². The second-order valence-electron chi connectivity index (χ2n) is 10.5. The summed E-state index contributed by atoms with van der Waals surface area (Å²) in [6.45, 7) is 7.74. The summed E-state index contributed by atoms with van der Waals surface area (Å²) < 4.78 is 62.6. The van der Waals surface area contributed by atoms with Gasteiger partial charge >= 0.3 is 27.7 Å². The van der Waals surface area contributed by atoms with Gasteiger partial charge in [0.1, 0.15) is 17.6 Å². The number of alkyl halides is 3. The number of aliphatic carboxylic acids is 1. The number of hydrogen-bond donors (Lipinski definition) is 4. The van der Waals surface area contributed by atoms with Crippen molar-refractivity contribution in [2.45, 2.75) is 45.2 Å². The fourth-order valence-electron chi connectivity index (χ4n) is 3.98. The molecule has 1 unspecified atom stereocenters. The molecular formula is C28H37F3N6O9S. The molecule has 2 heterocycles. The second kappa shape index (κ2) is 17.4. The van der Waals surface area contributed by atoms with Gasteiger partial charge in [-0.2, -0.15) is 21.6 Å². The Labute approximate surface area is 269 Å². The molecule has 47 heavy (non-hydrogen) atoms. The Morgan fingerprint density at radius 3 is 2.11 bits per heavy atom. The van der Waals surface area contributed by atoms with Crippen molar-refractivity contribution in [1.82, 2.24) is 25.1 Å². The number of aromatic nitrogens is 2. The first-order chi connectivity index (χ1) is 21.9. The Bertz CT molecular complexity index is 1490. The molecule has 1 fully saturated rings. The van der Waals surface area contributed by atoms with Crippen molar-refractivity contribution in [2.24, 2.45) is 5.92 Å². The molecule has 15 nitrogen and oxygen atoms in total. The summed E-state index contributed by atoms with van der Waals surface area (Å²) in [5.74, 6) is -0.966. The van der Waals surface area contributed by atoms with Gasteiger partial charge in [0.25, 0.3) is 5.91 Å². The zero-order chi connectivity index (χ0) is 35.4. The minimum atomic E-state index is -5.84. The molecule has 3 rings (SSSR count). The van der Waals surface area contributed by atoms with Gasteiger partial charge in [0.15, 0.2) is 5.82 Å². The second-order valence-corrected chi connectivity index (χ2v) is 11.9. The number of amides is 3. The number of hydrogen-bond acceptors (Lipinski definition) is 10. The molecule has 260 valence electrons. The van der Waals surface area contributed by atoms with Gasteiger partial charge in [-0.3, -0.25) is 18.9 Å². The Kier molecular flexibility index (Phi) is 14.3. The number of nitrogens with zero attached hydrogens (tertiary/aromatic N) is 4. The number of carbonyl (C=O) groups excluding carboxylic acids is 3. The number of piperazine rings is 1. The summed E-state index contributed by atoms with van der Waals surface area (Å²) >= 11 is 0. The highest BCUT2D eigenvalue weighted by atomic mass is 32.2. The summed E-state index contributed by atoms with van der Waals surface area (Å²) in [5, 5.41) is 15.1. The lowest BCUT2D eigenvalue weighted by Gasteiger charge is -2.35. The van der Waals surface area contributed by atoms with Gasteiger partial charge in [0.05, 0.1) is 6.61 Å². The van der Waals surface area contributed by atoms with Crippen LogP contribution in [-0.4, -0.2) is 113 Å². The third-order valence-corrected chi connectivity index (χ3v) is 6.93. The molecule has 0 aliphatic carbocycles. The fourth-order valence-corrected chi connectivity index (χ4v) is 3.98. The Morgan fingerprint density at radius 1 is 1.02 bits per heavy atom. The smallest absolute Gasteiger partial charge is 0.481 e. The summed E-state index contributed by atoms with van der Waals surface area (Å²) in [6.07, 6.45) is -0.840. The van der Waals surface area contributed by atoms with E-state index in [1.165, 1.54) is 15.9 Å². The van der Waals surface area contributed by atoms with Crippen molar-refractivity contribution in [3.63, 3.8) is 0 Å². The molecule has 3 amide bonds. The number of benzene rings is 1. The maximum atomic E-state index is 13.4. The van der Waals surface area contributed by atoms with E-state index in [2.05, 4.69) is 20.6 Å². The molecule has 1 aromatic heterocycles. The molecule has 19 heteroatoms. The van der Waals surface area contributed by atoms with Crippen LogP contribution in [0.2, 0.25) is 0 Å². The lowest BCUT2D eigenvalue weighted by Crippen LogP contribution is -2.56. The van der Waals surface area contributed by atoms with Crippen LogP contribution in [0.15, 0.2) is 36.4 Å². The standard InChI is InChI=1S/C27H36N6O6.CHF3O3S/c1-4-39-27(38)33-14-12-32(13-15-33)26(37)20(10-11-23(34)35)30-25(36)21-16-22(28-17-18(2)3)31-24(29-21)19-8-6-5-7-9-19;2-1(3,4)8(5,6)7/h5-9,16,18,20H,4,10-15,17H2,1-3H3,(H,30,36)(H,34,35)(H,28,29,31);(H,5,6,7). The van der Waals surface area contributed by atoms with Gasteiger partial charge in [-0.05, 0) is 19.3 Å². The maximum Gasteiger partial charge on any atom is 0.522 e. The molecule has 1 aliphatic heterocycles. The molecule has 1 aliphatic rings. The van der Waals surface area contributed by atoms with Gasteiger partial charge in [-0.1, -0.05) is 44.2 Å². The summed E-state index contributed by atoms with van der Waals surface area (Å²) in [7, 11) is -5.84. The molecule has 1 aromatic carbocycles. The van der Waals surface area contributed by atoms with Crippen molar-refractivity contribution >= 4 is 39.8 Å². The van der Waals surface area contributed by atoms with Crippen molar-refractivity contribution in [3.05, 3.63) is 42.1 Å².